The maximum absolute atomic E-state index is 15.6. The van der Waals surface area contributed by atoms with E-state index in [1.54, 1.807) is 0 Å². The predicted octanol–water partition coefficient (Wildman–Crippen LogP) is 21.3. The van der Waals surface area contributed by atoms with Crippen molar-refractivity contribution in [1.29, 1.82) is 0 Å². The molecule has 7 heteroatoms. The lowest BCUT2D eigenvalue weighted by atomic mass is 9.57. The third-order valence-corrected chi connectivity index (χ3v) is 18.3. The zero-order valence-corrected chi connectivity index (χ0v) is 54.1. The number of aromatic hydroxyl groups is 2. The van der Waals surface area contributed by atoms with Crippen molar-refractivity contribution < 1.29 is 24.5 Å². The second kappa shape index (κ2) is 18.6. The quantitative estimate of drug-likeness (QED) is 0.0797. The zero-order valence-electron chi connectivity index (χ0n) is 54.1. The smallest absolute Gasteiger partial charge is 0.201 e. The van der Waals surface area contributed by atoms with E-state index in [0.29, 0.717) is 50.3 Å². The fourth-order valence-corrected chi connectivity index (χ4v) is 17.3. The molecule has 2 N–H and O–H groups in total. The van der Waals surface area contributed by atoms with Crippen LogP contribution in [0.25, 0.3) is 87.4 Å². The van der Waals surface area contributed by atoms with E-state index in [9.17, 15) is 15.0 Å². The fourth-order valence-electron chi connectivity index (χ4n) is 17.3. The van der Waals surface area contributed by atoms with Crippen LogP contribution >= 0.6 is 0 Å². The van der Waals surface area contributed by atoms with Crippen LogP contribution in [-0.4, -0.2) is 31.7 Å². The molecule has 85 heavy (non-hydrogen) atoms. The number of phenolic OH excluding ortho intramolecular Hbond substituents is 2. The molecular formula is C78H86N2O5. The molecule has 2 aromatic heterocycles. The Hall–Kier alpha value is -7.38. The second-order valence-electron chi connectivity index (χ2n) is 33.0. The Balaban J connectivity index is 1.10. The zero-order chi connectivity index (χ0) is 61.6. The fraction of sp³-hybridized carbons (Fsp3) is 0.410. The molecule has 10 aromatic rings. The lowest BCUT2D eigenvalue weighted by molar-refractivity contribution is 0.103. The van der Waals surface area contributed by atoms with Gasteiger partial charge in [0.05, 0.1) is 22.4 Å². The summed E-state index contributed by atoms with van der Waals surface area (Å²) in [6.07, 6.45) is 3.56. The molecule has 2 aliphatic carbocycles. The molecule has 0 amide bonds. The molecule has 0 spiro atoms. The molecule has 0 bridgehead atoms. The molecule has 0 fully saturated rings. The van der Waals surface area contributed by atoms with Gasteiger partial charge in [0.15, 0.2) is 23.1 Å². The molecule has 0 saturated heterocycles. The van der Waals surface area contributed by atoms with Gasteiger partial charge >= 0.3 is 0 Å². The van der Waals surface area contributed by atoms with Crippen molar-refractivity contribution in [3.05, 3.63) is 142 Å². The van der Waals surface area contributed by atoms with E-state index in [-0.39, 0.29) is 61.0 Å². The van der Waals surface area contributed by atoms with Gasteiger partial charge in [0.25, 0.3) is 0 Å². The minimum absolute atomic E-state index is 0.00412. The highest BCUT2D eigenvalue weighted by atomic mass is 16.5. The van der Waals surface area contributed by atoms with E-state index >= 15 is 4.79 Å². The number of ketones is 2. The number of para-hydroxylation sites is 1. The molecular weight excluding hydrogens is 1040 g/mol. The average Bonchev–Trinajstić information content (AvgIpc) is 0.708. The molecule has 0 saturated carbocycles. The minimum Gasteiger partial charge on any atom is -0.504 e. The van der Waals surface area contributed by atoms with E-state index in [1.807, 2.05) is 48.5 Å². The summed E-state index contributed by atoms with van der Waals surface area (Å²) in [7, 11) is 0. The molecule has 438 valence electrons. The van der Waals surface area contributed by atoms with Crippen LogP contribution in [0.3, 0.4) is 0 Å². The first-order valence-corrected chi connectivity index (χ1v) is 30.8. The molecule has 0 unspecified atom stereocenters. The van der Waals surface area contributed by atoms with Crippen molar-refractivity contribution in [3.63, 3.8) is 0 Å². The summed E-state index contributed by atoms with van der Waals surface area (Å²) in [5.74, 6) is -0.312. The third kappa shape index (κ3) is 9.53. The highest BCUT2D eigenvalue weighted by molar-refractivity contribution is 6.41. The molecule has 7 nitrogen and oxygen atoms in total. The van der Waals surface area contributed by atoms with Crippen molar-refractivity contribution in [2.45, 2.75) is 186 Å². The van der Waals surface area contributed by atoms with Crippen LogP contribution in [0, 0.1) is 21.7 Å². The number of aromatic nitrogens is 2. The van der Waals surface area contributed by atoms with Crippen LogP contribution in [0.1, 0.15) is 218 Å². The van der Waals surface area contributed by atoms with Crippen molar-refractivity contribution in [3.8, 4) is 45.5 Å². The molecule has 12 rings (SSSR count). The molecule has 8 aromatic carbocycles. The van der Waals surface area contributed by atoms with Crippen LogP contribution in [0.4, 0.5) is 0 Å². The van der Waals surface area contributed by atoms with E-state index in [2.05, 4.69) is 181 Å². The number of hydrogen-bond donors (Lipinski definition) is 2. The van der Waals surface area contributed by atoms with Crippen molar-refractivity contribution in [2.24, 2.45) is 21.7 Å². The van der Waals surface area contributed by atoms with Gasteiger partial charge in [0.2, 0.25) is 5.75 Å². The van der Waals surface area contributed by atoms with Crippen LogP contribution in [0.2, 0.25) is 0 Å². The Labute approximate surface area is 503 Å². The summed E-state index contributed by atoms with van der Waals surface area (Å²) in [5.41, 5.74) is 9.68. The van der Waals surface area contributed by atoms with E-state index in [4.69, 9.17) is 14.7 Å². The summed E-state index contributed by atoms with van der Waals surface area (Å²) in [6, 6.07) is 32.0. The maximum Gasteiger partial charge on any atom is 0.201 e. The molecule has 2 aliphatic rings. The van der Waals surface area contributed by atoms with Crippen molar-refractivity contribution in [1.82, 2.24) is 9.97 Å². The Bertz CT molecular complexity index is 4520. The first kappa shape index (κ1) is 58.0. The molecule has 0 radical (unpaired) electrons. The lowest BCUT2D eigenvalue weighted by Crippen LogP contribution is -2.39. The van der Waals surface area contributed by atoms with Gasteiger partial charge in [-0.2, -0.15) is 0 Å². The van der Waals surface area contributed by atoms with E-state index in [1.165, 1.54) is 22.8 Å². The number of benzene rings is 8. The number of hydrogen-bond acceptors (Lipinski definition) is 7. The maximum atomic E-state index is 15.6. The SMILES string of the molecule is CC(C)(C)CC(C)(C)c1cc(Oc2c(O)c(O)cc3nc4c(cc23)C(=O)c2ccc3c5ccc6c7c(ccc(c8ccc-4c2c38)c75)C(=O)c2cc3ccccc3nc2-6)c(C(C)(C)CC(C)(C)C)c(C(C)(C)CC(C)(C)C)c1C(C)(C)CC(C)(C)C. The van der Waals surface area contributed by atoms with Gasteiger partial charge in [0.1, 0.15) is 5.75 Å². The highest BCUT2D eigenvalue weighted by Crippen LogP contribution is 2.59. The minimum atomic E-state index is -0.475. The Morgan fingerprint density at radius 3 is 1.28 bits per heavy atom. The summed E-state index contributed by atoms with van der Waals surface area (Å²) in [6.45, 7) is 47.1. The Morgan fingerprint density at radius 2 is 0.800 bits per heavy atom. The van der Waals surface area contributed by atoms with Gasteiger partial charge in [0, 0.05) is 66.6 Å². The topological polar surface area (TPSA) is 110 Å². The number of rotatable bonds is 10. The van der Waals surface area contributed by atoms with Gasteiger partial charge < -0.3 is 14.9 Å². The summed E-state index contributed by atoms with van der Waals surface area (Å²) in [4.78, 5) is 40.5. The van der Waals surface area contributed by atoms with Crippen molar-refractivity contribution in [2.75, 3.05) is 0 Å². The molecule has 2 heterocycles. The molecule has 0 atom stereocenters. The van der Waals surface area contributed by atoms with E-state index < -0.39 is 11.2 Å². The van der Waals surface area contributed by atoms with Crippen LogP contribution in [0.5, 0.6) is 23.0 Å². The van der Waals surface area contributed by atoms with Gasteiger partial charge in [-0.05, 0) is 154 Å². The van der Waals surface area contributed by atoms with Gasteiger partial charge in [-0.1, -0.05) is 193 Å². The van der Waals surface area contributed by atoms with Gasteiger partial charge in [-0.3, -0.25) is 9.59 Å². The van der Waals surface area contributed by atoms with Crippen LogP contribution in [-0.2, 0) is 21.7 Å². The monoisotopic (exact) mass is 1130 g/mol. The predicted molar refractivity (Wildman–Crippen MR) is 354 cm³/mol. The summed E-state index contributed by atoms with van der Waals surface area (Å²) < 4.78 is 7.59. The highest BCUT2D eigenvalue weighted by Gasteiger charge is 2.47. The average molecular weight is 1130 g/mol. The largest absolute Gasteiger partial charge is 0.504 e. The Morgan fingerprint density at radius 1 is 0.388 bits per heavy atom. The van der Waals surface area contributed by atoms with E-state index in [0.717, 1.165) is 96.4 Å². The first-order chi connectivity index (χ1) is 39.3. The van der Waals surface area contributed by atoms with Crippen LogP contribution in [0.15, 0.2) is 97.1 Å². The number of ether oxygens (including phenoxy) is 1. The number of fused-ring (bicyclic) bond motifs is 8. The van der Waals surface area contributed by atoms with Crippen LogP contribution < -0.4 is 4.74 Å². The standard InChI is InChI=1S/C78H86N2O5/c1-71(2,3)37-75(13,14)53-35-57(63(77(17,18)39-73(7,8)9)64(78(19,20)40-74(10,11)12)62(53)76(15,16)38-72(4,5)6)85-70-50-34-52-66(80-55(50)36-56(81)69(70)84)47-30-26-43-44-27-31-48-60-46(65-51(67(48)82)33-41-23-21-22-24-54(41)79-65)29-25-42(58(44)60)45-28-32-49(68(52)83)61(47)59(43)45/h21-36,81,84H,37-40H2,1-20H3. The van der Waals surface area contributed by atoms with Gasteiger partial charge in [-0.15, -0.1) is 0 Å². The normalized spacial score (nSPS) is 14.4. The number of phenols is 2. The number of carbonyl (C=O) groups excluding carboxylic acids is 2. The van der Waals surface area contributed by atoms with Crippen molar-refractivity contribution >= 4 is 76.5 Å². The lowest BCUT2D eigenvalue weighted by Gasteiger charge is -2.48. The van der Waals surface area contributed by atoms with Gasteiger partial charge in [-0.25, -0.2) is 9.97 Å². The molecule has 0 aliphatic heterocycles. The Kier molecular flexibility index (Phi) is 12.7. The number of nitrogens with zero attached hydrogens (tertiary/aromatic N) is 2. The second-order valence-corrected chi connectivity index (χ2v) is 33.0. The first-order valence-electron chi connectivity index (χ1n) is 30.8. The number of carbonyl (C=O) groups is 2. The number of pyridine rings is 2. The third-order valence-electron chi connectivity index (χ3n) is 18.3. The summed E-state index contributed by atoms with van der Waals surface area (Å²) >= 11 is 0. The summed E-state index contributed by atoms with van der Waals surface area (Å²) in [5, 5.41) is 33.4.